The van der Waals surface area contributed by atoms with E-state index in [4.69, 9.17) is 16.7 Å². The van der Waals surface area contributed by atoms with Gasteiger partial charge in [0.25, 0.3) is 0 Å². The standard InChI is InChI=1S/C16H20ClNO2/c1-11-3-4-12(2)18(10-11)14-7-5-13(15(17)9-14)6-8-16(19)20/h5-9,11-12H,3-4,10H2,1-2H3,(H,19,20)/b8-6+. The molecule has 1 aromatic carbocycles. The van der Waals surface area contributed by atoms with E-state index in [0.717, 1.165) is 23.9 Å². The molecule has 0 bridgehead atoms. The first-order valence-electron chi connectivity index (χ1n) is 6.94. The third-order valence-corrected chi connectivity index (χ3v) is 4.17. The molecular formula is C16H20ClNO2. The van der Waals surface area contributed by atoms with Crippen molar-refractivity contribution in [1.29, 1.82) is 0 Å². The maximum atomic E-state index is 10.5. The zero-order valence-corrected chi connectivity index (χ0v) is 12.6. The van der Waals surface area contributed by atoms with Gasteiger partial charge < -0.3 is 10.0 Å². The van der Waals surface area contributed by atoms with Gasteiger partial charge in [0.1, 0.15) is 0 Å². The van der Waals surface area contributed by atoms with Crippen molar-refractivity contribution in [3.8, 4) is 0 Å². The summed E-state index contributed by atoms with van der Waals surface area (Å²) in [6.07, 6.45) is 5.09. The Labute approximate surface area is 124 Å². The molecule has 0 radical (unpaired) electrons. The highest BCUT2D eigenvalue weighted by Crippen LogP contribution is 2.30. The van der Waals surface area contributed by atoms with E-state index in [0.29, 0.717) is 17.0 Å². The fraction of sp³-hybridized carbons (Fsp3) is 0.438. The van der Waals surface area contributed by atoms with Crippen LogP contribution in [0.25, 0.3) is 6.08 Å². The van der Waals surface area contributed by atoms with Crippen LogP contribution < -0.4 is 4.90 Å². The van der Waals surface area contributed by atoms with Gasteiger partial charge in [0.15, 0.2) is 0 Å². The summed E-state index contributed by atoms with van der Waals surface area (Å²) in [5.41, 5.74) is 1.84. The lowest BCUT2D eigenvalue weighted by Gasteiger charge is -2.38. The van der Waals surface area contributed by atoms with Crippen molar-refractivity contribution in [2.45, 2.75) is 32.7 Å². The highest BCUT2D eigenvalue weighted by atomic mass is 35.5. The molecule has 20 heavy (non-hydrogen) atoms. The third-order valence-electron chi connectivity index (χ3n) is 3.84. The Bertz CT molecular complexity index is 527. The molecule has 0 aliphatic carbocycles. The monoisotopic (exact) mass is 293 g/mol. The predicted octanol–water partition coefficient (Wildman–Crippen LogP) is 4.06. The predicted molar refractivity (Wildman–Crippen MR) is 83.3 cm³/mol. The van der Waals surface area contributed by atoms with Gasteiger partial charge in [-0.15, -0.1) is 0 Å². The zero-order chi connectivity index (χ0) is 14.7. The average molecular weight is 294 g/mol. The normalized spacial score (nSPS) is 23.2. The molecule has 1 heterocycles. The van der Waals surface area contributed by atoms with Gasteiger partial charge >= 0.3 is 5.97 Å². The minimum atomic E-state index is -0.969. The number of hydrogen-bond donors (Lipinski definition) is 1. The number of carboxylic acid groups (broad SMARTS) is 1. The summed E-state index contributed by atoms with van der Waals surface area (Å²) in [6.45, 7) is 5.55. The van der Waals surface area contributed by atoms with Crippen molar-refractivity contribution in [2.24, 2.45) is 5.92 Å². The fourth-order valence-electron chi connectivity index (χ4n) is 2.64. The van der Waals surface area contributed by atoms with Crippen LogP contribution in [0.2, 0.25) is 5.02 Å². The number of hydrogen-bond acceptors (Lipinski definition) is 2. The molecule has 0 amide bonds. The minimum Gasteiger partial charge on any atom is -0.478 e. The minimum absolute atomic E-state index is 0.516. The topological polar surface area (TPSA) is 40.5 Å². The Kier molecular flexibility index (Phi) is 4.71. The van der Waals surface area contributed by atoms with Crippen molar-refractivity contribution in [2.75, 3.05) is 11.4 Å². The molecule has 2 atom stereocenters. The maximum Gasteiger partial charge on any atom is 0.328 e. The Morgan fingerprint density at radius 1 is 1.40 bits per heavy atom. The summed E-state index contributed by atoms with van der Waals surface area (Å²) in [7, 11) is 0. The van der Waals surface area contributed by atoms with Crippen molar-refractivity contribution in [3.05, 3.63) is 34.9 Å². The van der Waals surface area contributed by atoms with Gasteiger partial charge in [0.2, 0.25) is 0 Å². The second-order valence-electron chi connectivity index (χ2n) is 5.56. The summed E-state index contributed by atoms with van der Waals surface area (Å²) in [6, 6.07) is 6.34. The average Bonchev–Trinajstić information content (AvgIpc) is 2.40. The maximum absolute atomic E-state index is 10.5. The molecule has 0 aromatic heterocycles. The summed E-state index contributed by atoms with van der Waals surface area (Å²) in [4.78, 5) is 12.9. The zero-order valence-electron chi connectivity index (χ0n) is 11.8. The molecule has 2 unspecified atom stereocenters. The van der Waals surface area contributed by atoms with Crippen molar-refractivity contribution < 1.29 is 9.90 Å². The molecular weight excluding hydrogens is 274 g/mol. The van der Waals surface area contributed by atoms with E-state index in [9.17, 15) is 4.79 Å². The van der Waals surface area contributed by atoms with Crippen LogP contribution in [-0.4, -0.2) is 23.7 Å². The lowest BCUT2D eigenvalue weighted by Crippen LogP contribution is -2.41. The summed E-state index contributed by atoms with van der Waals surface area (Å²) >= 11 is 6.25. The molecule has 1 aliphatic rings. The first-order chi connectivity index (χ1) is 9.47. The number of nitrogens with zero attached hydrogens (tertiary/aromatic N) is 1. The Morgan fingerprint density at radius 3 is 2.80 bits per heavy atom. The van der Waals surface area contributed by atoms with E-state index in [-0.39, 0.29) is 0 Å². The van der Waals surface area contributed by atoms with Crippen molar-refractivity contribution in [3.63, 3.8) is 0 Å². The molecule has 1 N–H and O–H groups in total. The van der Waals surface area contributed by atoms with Gasteiger partial charge in [0, 0.05) is 29.4 Å². The van der Waals surface area contributed by atoms with Crippen LogP contribution in [0.3, 0.4) is 0 Å². The second-order valence-corrected chi connectivity index (χ2v) is 5.97. The smallest absolute Gasteiger partial charge is 0.328 e. The molecule has 1 aromatic rings. The fourth-order valence-corrected chi connectivity index (χ4v) is 2.88. The van der Waals surface area contributed by atoms with Gasteiger partial charge in [0.05, 0.1) is 0 Å². The van der Waals surface area contributed by atoms with E-state index in [1.54, 1.807) is 0 Å². The molecule has 2 rings (SSSR count). The van der Waals surface area contributed by atoms with E-state index in [1.807, 2.05) is 18.2 Å². The number of aliphatic carboxylic acids is 1. The number of piperidine rings is 1. The third kappa shape index (κ3) is 3.54. The van der Waals surface area contributed by atoms with Crippen LogP contribution in [0, 0.1) is 5.92 Å². The second kappa shape index (κ2) is 6.31. The van der Waals surface area contributed by atoms with Crippen LogP contribution in [-0.2, 0) is 4.79 Å². The summed E-state index contributed by atoms with van der Waals surface area (Å²) in [5.74, 6) is -0.278. The molecule has 108 valence electrons. The van der Waals surface area contributed by atoms with E-state index in [1.165, 1.54) is 18.9 Å². The summed E-state index contributed by atoms with van der Waals surface area (Å²) in [5, 5.41) is 9.24. The van der Waals surface area contributed by atoms with Gasteiger partial charge in [-0.3, -0.25) is 0 Å². The Balaban J connectivity index is 2.22. The van der Waals surface area contributed by atoms with E-state index in [2.05, 4.69) is 18.7 Å². The first-order valence-corrected chi connectivity index (χ1v) is 7.32. The van der Waals surface area contributed by atoms with Crippen LogP contribution in [0.15, 0.2) is 24.3 Å². The van der Waals surface area contributed by atoms with Gasteiger partial charge in [-0.1, -0.05) is 24.6 Å². The number of anilines is 1. The molecule has 4 heteroatoms. The van der Waals surface area contributed by atoms with Crippen molar-refractivity contribution >= 4 is 29.3 Å². The van der Waals surface area contributed by atoms with Crippen LogP contribution >= 0.6 is 11.6 Å². The number of benzene rings is 1. The Morgan fingerprint density at radius 2 is 2.15 bits per heavy atom. The first kappa shape index (κ1) is 14.9. The molecule has 0 spiro atoms. The quantitative estimate of drug-likeness (QED) is 0.854. The number of carbonyl (C=O) groups is 1. The molecule has 1 fully saturated rings. The molecule has 1 saturated heterocycles. The van der Waals surface area contributed by atoms with Gasteiger partial charge in [-0.2, -0.15) is 0 Å². The molecule has 3 nitrogen and oxygen atoms in total. The lowest BCUT2D eigenvalue weighted by atomic mass is 9.94. The van der Waals surface area contributed by atoms with Crippen LogP contribution in [0.4, 0.5) is 5.69 Å². The highest BCUT2D eigenvalue weighted by Gasteiger charge is 2.23. The van der Waals surface area contributed by atoms with E-state index < -0.39 is 5.97 Å². The largest absolute Gasteiger partial charge is 0.478 e. The summed E-state index contributed by atoms with van der Waals surface area (Å²) < 4.78 is 0. The number of carboxylic acids is 1. The number of rotatable bonds is 3. The molecule has 1 aliphatic heterocycles. The number of halogens is 1. The molecule has 0 saturated carbocycles. The Hall–Kier alpha value is -1.48. The lowest BCUT2D eigenvalue weighted by molar-refractivity contribution is -0.131. The SMILES string of the molecule is CC1CCC(C)N(c2ccc(/C=C/C(=O)O)c(Cl)c2)C1. The van der Waals surface area contributed by atoms with E-state index >= 15 is 0 Å². The van der Waals surface area contributed by atoms with Gasteiger partial charge in [-0.25, -0.2) is 4.79 Å². The van der Waals surface area contributed by atoms with Gasteiger partial charge in [-0.05, 0) is 49.5 Å². The van der Waals surface area contributed by atoms with Crippen molar-refractivity contribution in [1.82, 2.24) is 0 Å². The highest BCUT2D eigenvalue weighted by molar-refractivity contribution is 6.32. The van der Waals surface area contributed by atoms with Crippen LogP contribution in [0.5, 0.6) is 0 Å². The van der Waals surface area contributed by atoms with Crippen LogP contribution in [0.1, 0.15) is 32.3 Å².